The van der Waals surface area contributed by atoms with Gasteiger partial charge in [-0.15, -0.1) is 0 Å². The molecule has 15 heavy (non-hydrogen) atoms. The van der Waals surface area contributed by atoms with Crippen LogP contribution in [0, 0.1) is 17.6 Å². The maximum absolute atomic E-state index is 13.4. The first-order valence-corrected chi connectivity index (χ1v) is 4.91. The molecule has 2 rings (SSSR count). The molecule has 2 unspecified atom stereocenters. The van der Waals surface area contributed by atoms with Crippen LogP contribution in [-0.2, 0) is 0 Å². The minimum atomic E-state index is -0.905. The molecule has 1 aromatic rings. The lowest BCUT2D eigenvalue weighted by Gasteiger charge is -2.09. The highest BCUT2D eigenvalue weighted by molar-refractivity contribution is 5.41. The third-order valence-electron chi connectivity index (χ3n) is 2.91. The summed E-state index contributed by atoms with van der Waals surface area (Å²) in [5.41, 5.74) is 6.24. The molecule has 0 amide bonds. The van der Waals surface area contributed by atoms with E-state index in [4.69, 9.17) is 10.5 Å². The van der Waals surface area contributed by atoms with Crippen molar-refractivity contribution >= 4 is 0 Å². The van der Waals surface area contributed by atoms with E-state index in [9.17, 15) is 8.78 Å². The second-order valence-corrected chi connectivity index (χ2v) is 3.82. The van der Waals surface area contributed by atoms with E-state index >= 15 is 0 Å². The van der Waals surface area contributed by atoms with Crippen molar-refractivity contribution in [3.63, 3.8) is 0 Å². The molecule has 2 nitrogen and oxygen atoms in total. The number of rotatable bonds is 3. The predicted octanol–water partition coefficient (Wildman–Crippen LogP) is 2.04. The van der Waals surface area contributed by atoms with Crippen LogP contribution < -0.4 is 10.5 Å². The molecule has 1 fully saturated rings. The highest BCUT2D eigenvalue weighted by Gasteiger charge is 2.39. The molecule has 82 valence electrons. The normalized spacial score (nSPS) is 24.0. The Morgan fingerprint density at radius 2 is 2.20 bits per heavy atom. The molecule has 0 radical (unpaired) electrons. The van der Waals surface area contributed by atoms with Gasteiger partial charge in [-0.05, 0) is 30.9 Å². The summed E-state index contributed by atoms with van der Waals surface area (Å²) in [6.07, 6.45) is 0.929. The van der Waals surface area contributed by atoms with E-state index in [1.165, 1.54) is 7.11 Å². The van der Waals surface area contributed by atoms with E-state index in [2.05, 4.69) is 0 Å². The molecule has 1 aliphatic rings. The monoisotopic (exact) mass is 213 g/mol. The fourth-order valence-electron chi connectivity index (χ4n) is 1.94. The molecule has 4 heteroatoms. The molecule has 2 N–H and O–H groups in total. The average Bonchev–Trinajstić information content (AvgIpc) is 3.01. The van der Waals surface area contributed by atoms with Gasteiger partial charge < -0.3 is 10.5 Å². The number of halogens is 2. The van der Waals surface area contributed by atoms with Crippen molar-refractivity contribution in [1.29, 1.82) is 0 Å². The van der Waals surface area contributed by atoms with E-state index in [1.54, 1.807) is 6.07 Å². The van der Waals surface area contributed by atoms with Gasteiger partial charge in [-0.1, -0.05) is 6.07 Å². The lowest BCUT2D eigenvalue weighted by Crippen LogP contribution is -2.03. The smallest absolute Gasteiger partial charge is 0.200 e. The van der Waals surface area contributed by atoms with Crippen molar-refractivity contribution < 1.29 is 13.5 Å². The average molecular weight is 213 g/mol. The van der Waals surface area contributed by atoms with Crippen molar-refractivity contribution in [3.8, 4) is 5.75 Å². The second kappa shape index (κ2) is 3.77. The topological polar surface area (TPSA) is 35.2 Å². The molecule has 0 aromatic heterocycles. The fourth-order valence-corrected chi connectivity index (χ4v) is 1.94. The number of ether oxygens (including phenoxy) is 1. The van der Waals surface area contributed by atoms with Gasteiger partial charge in [-0.3, -0.25) is 0 Å². The van der Waals surface area contributed by atoms with Gasteiger partial charge >= 0.3 is 0 Å². The summed E-state index contributed by atoms with van der Waals surface area (Å²) in [5, 5.41) is 0. The first kappa shape index (κ1) is 10.4. The SMILES string of the molecule is COc1c(C2CC2CN)ccc(F)c1F. The Morgan fingerprint density at radius 1 is 1.47 bits per heavy atom. The minimum absolute atomic E-state index is 0.0240. The number of nitrogens with two attached hydrogens (primary N) is 1. The summed E-state index contributed by atoms with van der Waals surface area (Å²) < 4.78 is 31.2. The Bertz CT molecular complexity index is 381. The van der Waals surface area contributed by atoms with E-state index < -0.39 is 11.6 Å². The van der Waals surface area contributed by atoms with Crippen LogP contribution in [0.2, 0.25) is 0 Å². The van der Waals surface area contributed by atoms with Gasteiger partial charge in [-0.25, -0.2) is 4.39 Å². The van der Waals surface area contributed by atoms with Gasteiger partial charge in [0, 0.05) is 5.56 Å². The molecule has 0 spiro atoms. The zero-order chi connectivity index (χ0) is 11.0. The van der Waals surface area contributed by atoms with Crippen LogP contribution in [0.1, 0.15) is 17.9 Å². The van der Waals surface area contributed by atoms with Crippen LogP contribution in [0.15, 0.2) is 12.1 Å². The van der Waals surface area contributed by atoms with Crippen molar-refractivity contribution in [2.75, 3.05) is 13.7 Å². The molecule has 0 saturated heterocycles. The minimum Gasteiger partial charge on any atom is -0.493 e. The first-order chi connectivity index (χ1) is 7.19. The third-order valence-corrected chi connectivity index (χ3v) is 2.91. The number of hydrogen-bond acceptors (Lipinski definition) is 2. The molecular weight excluding hydrogens is 200 g/mol. The van der Waals surface area contributed by atoms with E-state index in [0.717, 1.165) is 18.1 Å². The zero-order valence-electron chi connectivity index (χ0n) is 8.47. The van der Waals surface area contributed by atoms with Crippen LogP contribution in [0.25, 0.3) is 0 Å². The van der Waals surface area contributed by atoms with Crippen LogP contribution in [0.5, 0.6) is 5.75 Å². The zero-order valence-corrected chi connectivity index (χ0v) is 8.47. The highest BCUT2D eigenvalue weighted by atomic mass is 19.2. The summed E-state index contributed by atoms with van der Waals surface area (Å²) in [6, 6.07) is 2.72. The standard InChI is InChI=1S/C11H13F2NO/c1-15-11-7(8-4-6(8)5-14)2-3-9(12)10(11)13/h2-3,6,8H,4-5,14H2,1H3. The van der Waals surface area contributed by atoms with Crippen molar-refractivity contribution in [3.05, 3.63) is 29.3 Å². The number of hydrogen-bond donors (Lipinski definition) is 1. The summed E-state index contributed by atoms with van der Waals surface area (Å²) in [6.45, 7) is 0.576. The largest absolute Gasteiger partial charge is 0.493 e. The van der Waals surface area contributed by atoms with Crippen LogP contribution in [0.3, 0.4) is 0 Å². The summed E-state index contributed by atoms with van der Waals surface area (Å²) in [4.78, 5) is 0. The van der Waals surface area contributed by atoms with Gasteiger partial charge in [0.05, 0.1) is 7.11 Å². The third kappa shape index (κ3) is 1.69. The molecule has 0 bridgehead atoms. The Hall–Kier alpha value is -1.16. The van der Waals surface area contributed by atoms with E-state index in [-0.39, 0.29) is 11.7 Å². The van der Waals surface area contributed by atoms with Crippen LogP contribution in [0.4, 0.5) is 8.78 Å². The van der Waals surface area contributed by atoms with Crippen LogP contribution in [-0.4, -0.2) is 13.7 Å². The van der Waals surface area contributed by atoms with Gasteiger partial charge in [0.1, 0.15) is 0 Å². The predicted molar refractivity (Wildman–Crippen MR) is 52.8 cm³/mol. The molecule has 1 saturated carbocycles. The first-order valence-electron chi connectivity index (χ1n) is 4.91. The fraction of sp³-hybridized carbons (Fsp3) is 0.455. The Kier molecular flexibility index (Phi) is 2.61. The lowest BCUT2D eigenvalue weighted by molar-refractivity contribution is 0.366. The summed E-state index contributed by atoms with van der Waals surface area (Å²) in [5.74, 6) is -1.15. The van der Waals surface area contributed by atoms with Gasteiger partial charge in [0.2, 0.25) is 5.82 Å². The number of methoxy groups -OCH3 is 1. The van der Waals surface area contributed by atoms with Crippen LogP contribution >= 0.6 is 0 Å². The Labute approximate surface area is 87.0 Å². The molecule has 2 atom stereocenters. The van der Waals surface area contributed by atoms with Crippen molar-refractivity contribution in [2.24, 2.45) is 11.7 Å². The quantitative estimate of drug-likeness (QED) is 0.833. The molecular formula is C11H13F2NO. The van der Waals surface area contributed by atoms with Gasteiger partial charge in [0.15, 0.2) is 11.6 Å². The highest BCUT2D eigenvalue weighted by Crippen LogP contribution is 2.50. The molecule has 1 aromatic carbocycles. The van der Waals surface area contributed by atoms with Crippen molar-refractivity contribution in [2.45, 2.75) is 12.3 Å². The number of benzene rings is 1. The van der Waals surface area contributed by atoms with Gasteiger partial charge in [-0.2, -0.15) is 4.39 Å². The molecule has 0 heterocycles. The molecule has 1 aliphatic carbocycles. The van der Waals surface area contributed by atoms with E-state index in [1.807, 2.05) is 0 Å². The molecule has 0 aliphatic heterocycles. The lowest BCUT2D eigenvalue weighted by atomic mass is 10.1. The summed E-state index contributed by atoms with van der Waals surface area (Å²) >= 11 is 0. The Morgan fingerprint density at radius 3 is 2.73 bits per heavy atom. The Balaban J connectivity index is 2.36. The maximum atomic E-state index is 13.4. The summed E-state index contributed by atoms with van der Waals surface area (Å²) in [7, 11) is 1.35. The van der Waals surface area contributed by atoms with Gasteiger partial charge in [0.25, 0.3) is 0 Å². The maximum Gasteiger partial charge on any atom is 0.200 e. The van der Waals surface area contributed by atoms with E-state index in [0.29, 0.717) is 12.5 Å². The van der Waals surface area contributed by atoms with Crippen molar-refractivity contribution in [1.82, 2.24) is 0 Å². The second-order valence-electron chi connectivity index (χ2n) is 3.82.